The number of amides is 1. The average Bonchev–Trinajstić information content (AvgIpc) is 3.42. The van der Waals surface area contributed by atoms with Crippen LogP contribution in [0, 0.1) is 0 Å². The standard InChI is InChI=1S/C22H22F2N4O3S/c1-2-31-22(30)18-12-5-3-4-6-16(12)32-21(18)26-20(29)14-10-17-25-13(11-7-8-11)9-15(19(23)24)28(17)27-14/h9-11,19H,2-8H2,1H3,(H,26,29). The maximum absolute atomic E-state index is 13.6. The maximum atomic E-state index is 13.6. The van der Waals surface area contributed by atoms with E-state index in [4.69, 9.17) is 4.74 Å². The Morgan fingerprint density at radius 1 is 1.28 bits per heavy atom. The van der Waals surface area contributed by atoms with E-state index in [0.29, 0.717) is 16.3 Å². The van der Waals surface area contributed by atoms with Crippen LogP contribution in [-0.4, -0.2) is 33.1 Å². The van der Waals surface area contributed by atoms with Gasteiger partial charge in [-0.3, -0.25) is 4.79 Å². The van der Waals surface area contributed by atoms with E-state index in [9.17, 15) is 18.4 Å². The number of ether oxygens (including phenoxy) is 1. The highest BCUT2D eigenvalue weighted by atomic mass is 32.1. The molecule has 168 valence electrons. The van der Waals surface area contributed by atoms with Gasteiger partial charge in [0.25, 0.3) is 12.3 Å². The van der Waals surface area contributed by atoms with Crippen LogP contribution in [0.5, 0.6) is 0 Å². The predicted molar refractivity (Wildman–Crippen MR) is 115 cm³/mol. The van der Waals surface area contributed by atoms with Crippen LogP contribution in [0.1, 0.15) is 87.6 Å². The highest BCUT2D eigenvalue weighted by Gasteiger charge is 2.30. The van der Waals surface area contributed by atoms with Crippen molar-refractivity contribution >= 4 is 33.9 Å². The van der Waals surface area contributed by atoms with Gasteiger partial charge in [-0.25, -0.2) is 23.1 Å². The zero-order valence-electron chi connectivity index (χ0n) is 17.5. The van der Waals surface area contributed by atoms with Crippen LogP contribution in [0.2, 0.25) is 0 Å². The molecule has 3 aromatic heterocycles. The van der Waals surface area contributed by atoms with Crippen LogP contribution in [0.25, 0.3) is 5.65 Å². The first-order valence-electron chi connectivity index (χ1n) is 10.8. The van der Waals surface area contributed by atoms with Crippen LogP contribution in [-0.2, 0) is 17.6 Å². The topological polar surface area (TPSA) is 85.6 Å². The molecular formula is C22H22F2N4O3S. The van der Waals surface area contributed by atoms with E-state index in [-0.39, 0.29) is 29.6 Å². The fraction of sp³-hybridized carbons (Fsp3) is 0.455. The molecule has 0 atom stereocenters. The molecule has 1 saturated carbocycles. The van der Waals surface area contributed by atoms with E-state index in [1.54, 1.807) is 6.92 Å². The first kappa shape index (κ1) is 21.0. The summed E-state index contributed by atoms with van der Waals surface area (Å²) in [6.45, 7) is 1.96. The van der Waals surface area contributed by atoms with Gasteiger partial charge < -0.3 is 10.1 Å². The Kier molecular flexibility index (Phi) is 5.40. The van der Waals surface area contributed by atoms with Crippen molar-refractivity contribution in [2.24, 2.45) is 0 Å². The Labute approximate surface area is 186 Å². The number of halogens is 2. The number of nitrogens with one attached hydrogen (secondary N) is 1. The number of aromatic nitrogens is 3. The van der Waals surface area contributed by atoms with E-state index in [1.807, 2.05) is 0 Å². The zero-order valence-corrected chi connectivity index (χ0v) is 18.3. The van der Waals surface area contributed by atoms with Crippen molar-refractivity contribution in [3.8, 4) is 0 Å². The van der Waals surface area contributed by atoms with E-state index in [0.717, 1.165) is 53.5 Å². The highest BCUT2D eigenvalue weighted by molar-refractivity contribution is 7.17. The van der Waals surface area contributed by atoms with Gasteiger partial charge in [0.15, 0.2) is 11.3 Å². The molecule has 0 unspecified atom stereocenters. The molecule has 5 rings (SSSR count). The third-order valence-electron chi connectivity index (χ3n) is 5.80. The highest BCUT2D eigenvalue weighted by Crippen LogP contribution is 2.41. The summed E-state index contributed by atoms with van der Waals surface area (Å²) in [5.74, 6) is -0.852. The van der Waals surface area contributed by atoms with Crippen molar-refractivity contribution in [3.05, 3.63) is 45.2 Å². The number of nitrogens with zero attached hydrogens (tertiary/aromatic N) is 3. The largest absolute Gasteiger partial charge is 0.462 e. The smallest absolute Gasteiger partial charge is 0.341 e. The number of esters is 1. The Hall–Kier alpha value is -2.88. The van der Waals surface area contributed by atoms with E-state index in [1.165, 1.54) is 23.5 Å². The van der Waals surface area contributed by atoms with Gasteiger partial charge in [0.05, 0.1) is 12.2 Å². The molecule has 0 aliphatic heterocycles. The molecule has 3 heterocycles. The molecule has 10 heteroatoms. The van der Waals surface area contributed by atoms with E-state index in [2.05, 4.69) is 15.4 Å². The lowest BCUT2D eigenvalue weighted by Crippen LogP contribution is -2.16. The summed E-state index contributed by atoms with van der Waals surface area (Å²) < 4.78 is 33.5. The minimum absolute atomic E-state index is 0.0338. The number of anilines is 1. The Morgan fingerprint density at radius 3 is 2.78 bits per heavy atom. The number of aryl methyl sites for hydroxylation is 1. The van der Waals surface area contributed by atoms with Crippen molar-refractivity contribution in [2.75, 3.05) is 11.9 Å². The lowest BCUT2D eigenvalue weighted by molar-refractivity contribution is 0.0526. The van der Waals surface area contributed by atoms with Gasteiger partial charge >= 0.3 is 5.97 Å². The molecule has 2 aliphatic rings. The molecule has 7 nitrogen and oxygen atoms in total. The molecule has 0 saturated heterocycles. The monoisotopic (exact) mass is 460 g/mol. The molecule has 3 aromatic rings. The van der Waals surface area contributed by atoms with Crippen LogP contribution < -0.4 is 5.32 Å². The third kappa shape index (κ3) is 3.76. The summed E-state index contributed by atoms with van der Waals surface area (Å²) in [5.41, 5.74) is 1.83. The summed E-state index contributed by atoms with van der Waals surface area (Å²) in [6.07, 6.45) is 2.72. The van der Waals surface area contributed by atoms with Crippen molar-refractivity contribution in [3.63, 3.8) is 0 Å². The molecule has 0 aromatic carbocycles. The van der Waals surface area contributed by atoms with Crippen LogP contribution in [0.4, 0.5) is 13.8 Å². The normalized spacial score (nSPS) is 15.8. The van der Waals surface area contributed by atoms with Crippen molar-refractivity contribution < 1.29 is 23.1 Å². The fourth-order valence-electron chi connectivity index (χ4n) is 4.11. The number of carbonyl (C=O) groups is 2. The Morgan fingerprint density at radius 2 is 2.06 bits per heavy atom. The minimum Gasteiger partial charge on any atom is -0.462 e. The van der Waals surface area contributed by atoms with E-state index >= 15 is 0 Å². The molecule has 0 spiro atoms. The van der Waals surface area contributed by atoms with Gasteiger partial charge in [0, 0.05) is 22.6 Å². The van der Waals surface area contributed by atoms with Gasteiger partial charge in [-0.2, -0.15) is 5.10 Å². The Balaban J connectivity index is 1.49. The second-order valence-corrected chi connectivity index (χ2v) is 9.18. The predicted octanol–water partition coefficient (Wildman–Crippen LogP) is 4.91. The van der Waals surface area contributed by atoms with Crippen LogP contribution in [0.15, 0.2) is 12.1 Å². The summed E-state index contributed by atoms with van der Waals surface area (Å²) in [6, 6.07) is 2.78. The van der Waals surface area contributed by atoms with Gasteiger partial charge in [0.2, 0.25) is 0 Å². The van der Waals surface area contributed by atoms with Crippen LogP contribution >= 0.6 is 11.3 Å². The minimum atomic E-state index is -2.74. The molecule has 1 fully saturated rings. The number of alkyl halides is 2. The quantitative estimate of drug-likeness (QED) is 0.528. The number of hydrogen-bond donors (Lipinski definition) is 1. The first-order valence-corrected chi connectivity index (χ1v) is 11.6. The number of hydrogen-bond acceptors (Lipinski definition) is 6. The number of rotatable bonds is 6. The molecule has 1 amide bonds. The second-order valence-electron chi connectivity index (χ2n) is 8.07. The number of thiophene rings is 1. The lowest BCUT2D eigenvalue weighted by Gasteiger charge is -2.12. The maximum Gasteiger partial charge on any atom is 0.341 e. The van der Waals surface area contributed by atoms with Crippen molar-refractivity contribution in [1.29, 1.82) is 0 Å². The molecule has 32 heavy (non-hydrogen) atoms. The summed E-state index contributed by atoms with van der Waals surface area (Å²) in [5, 5.41) is 7.28. The summed E-state index contributed by atoms with van der Waals surface area (Å²) >= 11 is 1.37. The van der Waals surface area contributed by atoms with Crippen molar-refractivity contribution in [1.82, 2.24) is 14.6 Å². The van der Waals surface area contributed by atoms with Crippen LogP contribution in [0.3, 0.4) is 0 Å². The van der Waals surface area contributed by atoms with Gasteiger partial charge in [-0.05, 0) is 57.1 Å². The van der Waals surface area contributed by atoms with Gasteiger partial charge in [-0.1, -0.05) is 0 Å². The Bertz CT molecular complexity index is 1220. The molecule has 0 bridgehead atoms. The van der Waals surface area contributed by atoms with E-state index < -0.39 is 18.3 Å². The fourth-order valence-corrected chi connectivity index (χ4v) is 5.39. The zero-order chi connectivity index (χ0) is 22.4. The average molecular weight is 461 g/mol. The van der Waals surface area contributed by atoms with Gasteiger partial charge in [-0.15, -0.1) is 11.3 Å². The number of carbonyl (C=O) groups excluding carboxylic acids is 2. The molecule has 2 aliphatic carbocycles. The molecular weight excluding hydrogens is 438 g/mol. The van der Waals surface area contributed by atoms with Crippen molar-refractivity contribution in [2.45, 2.75) is 57.8 Å². The van der Waals surface area contributed by atoms with Gasteiger partial charge in [0.1, 0.15) is 10.7 Å². The summed E-state index contributed by atoms with van der Waals surface area (Å²) in [7, 11) is 0. The molecule has 0 radical (unpaired) electrons. The number of fused-ring (bicyclic) bond motifs is 2. The summed E-state index contributed by atoms with van der Waals surface area (Å²) in [4.78, 5) is 31.1. The first-order chi connectivity index (χ1) is 15.5. The molecule has 1 N–H and O–H groups in total. The third-order valence-corrected chi connectivity index (χ3v) is 7.01. The SMILES string of the molecule is CCOC(=O)c1c(NC(=O)c2cc3nc(C4CC4)cc(C(F)F)n3n2)sc2c1CCCC2. The second kappa shape index (κ2) is 8.23. The lowest BCUT2D eigenvalue weighted by atomic mass is 9.95.